The Kier molecular flexibility index (Phi) is 7.91. The van der Waals surface area contributed by atoms with E-state index in [0.717, 1.165) is 13.0 Å². The van der Waals surface area contributed by atoms with E-state index in [1.807, 2.05) is 19.0 Å². The molecule has 0 unspecified atom stereocenters. The van der Waals surface area contributed by atoms with Crippen LogP contribution in [0.5, 0.6) is 0 Å². The van der Waals surface area contributed by atoms with Gasteiger partial charge in [0.05, 0.1) is 16.7 Å². The summed E-state index contributed by atoms with van der Waals surface area (Å²) in [6, 6.07) is 2.33. The van der Waals surface area contributed by atoms with Crippen LogP contribution >= 0.6 is 0 Å². The lowest BCUT2D eigenvalue weighted by Crippen LogP contribution is -2.28. The Labute approximate surface area is 180 Å². The highest BCUT2D eigenvalue weighted by Crippen LogP contribution is 2.17. The van der Waals surface area contributed by atoms with Gasteiger partial charge in [0.25, 0.3) is 11.8 Å². The number of rotatable bonds is 9. The molecule has 0 aliphatic rings. The predicted octanol–water partition coefficient (Wildman–Crippen LogP) is 1.44. The van der Waals surface area contributed by atoms with Crippen LogP contribution in [0.3, 0.4) is 0 Å². The van der Waals surface area contributed by atoms with Crippen LogP contribution in [0.15, 0.2) is 29.8 Å². The van der Waals surface area contributed by atoms with Gasteiger partial charge in [-0.3, -0.25) is 9.59 Å². The van der Waals surface area contributed by atoms with E-state index in [0.29, 0.717) is 28.6 Å². The highest BCUT2D eigenvalue weighted by atomic mass is 16.3. The van der Waals surface area contributed by atoms with Crippen molar-refractivity contribution in [2.45, 2.75) is 6.42 Å². The molecule has 0 aromatic carbocycles. The van der Waals surface area contributed by atoms with Crippen LogP contribution in [0.4, 0.5) is 16.2 Å². The summed E-state index contributed by atoms with van der Waals surface area (Å²) in [6.07, 6.45) is 4.00. The molecular weight excluding hydrogens is 404 g/mol. The number of nitrogens with one attached hydrogen (secondary N) is 3. The summed E-state index contributed by atoms with van der Waals surface area (Å²) < 4.78 is 3.16. The first-order valence-electron chi connectivity index (χ1n) is 9.57. The molecule has 168 valence electrons. The molecule has 0 radical (unpaired) electrons. The lowest BCUT2D eigenvalue weighted by atomic mass is 10.3. The topological polar surface area (TPSA) is 133 Å². The molecule has 2 aromatic rings. The minimum atomic E-state index is -0.725. The summed E-state index contributed by atoms with van der Waals surface area (Å²) in [7, 11) is 8.52. The van der Waals surface area contributed by atoms with Gasteiger partial charge in [-0.2, -0.15) is 5.01 Å². The first-order chi connectivity index (χ1) is 14.6. The molecule has 0 bridgehead atoms. The smallest absolute Gasteiger partial charge is 0.344 e. The third-order valence-corrected chi connectivity index (χ3v) is 4.47. The summed E-state index contributed by atoms with van der Waals surface area (Å²) in [4.78, 5) is 49.2. The fraction of sp³-hybridized carbons (Fsp3) is 0.421. The van der Waals surface area contributed by atoms with E-state index in [2.05, 4.69) is 21.2 Å². The summed E-state index contributed by atoms with van der Waals surface area (Å²) in [5.74, 6) is -0.646. The van der Waals surface area contributed by atoms with Gasteiger partial charge in [-0.15, -0.1) is 4.91 Å². The Morgan fingerprint density at radius 3 is 2.03 bits per heavy atom. The van der Waals surface area contributed by atoms with E-state index in [1.165, 1.54) is 23.9 Å². The largest absolute Gasteiger partial charge is 0.351 e. The number of hydrogen-bond acceptors (Lipinski definition) is 6. The molecule has 0 fully saturated rings. The zero-order valence-electron chi connectivity index (χ0n) is 18.3. The van der Waals surface area contributed by atoms with Gasteiger partial charge in [-0.05, 0) is 39.2 Å². The summed E-state index contributed by atoms with van der Waals surface area (Å²) in [5.41, 5.74) is 1.49. The molecule has 4 amide bonds. The van der Waals surface area contributed by atoms with E-state index in [-0.39, 0.29) is 11.6 Å². The van der Waals surface area contributed by atoms with Crippen molar-refractivity contribution in [1.29, 1.82) is 0 Å². The zero-order chi connectivity index (χ0) is 23.1. The third-order valence-electron chi connectivity index (χ3n) is 4.47. The van der Waals surface area contributed by atoms with Crippen molar-refractivity contribution >= 4 is 29.2 Å². The number of nitrogens with zero attached hydrogens (tertiary/aromatic N) is 5. The fourth-order valence-electron chi connectivity index (χ4n) is 2.84. The van der Waals surface area contributed by atoms with Gasteiger partial charge < -0.3 is 30.0 Å². The molecule has 12 nitrogen and oxygen atoms in total. The number of urea groups is 1. The molecule has 0 saturated carbocycles. The van der Waals surface area contributed by atoms with Crippen LogP contribution in [0.1, 0.15) is 27.4 Å². The van der Waals surface area contributed by atoms with Crippen molar-refractivity contribution in [1.82, 2.24) is 24.4 Å². The van der Waals surface area contributed by atoms with Gasteiger partial charge >= 0.3 is 6.03 Å². The van der Waals surface area contributed by atoms with Gasteiger partial charge in [0, 0.05) is 40.1 Å². The van der Waals surface area contributed by atoms with Crippen LogP contribution in [-0.4, -0.2) is 71.1 Å². The average molecular weight is 432 g/mol. The molecule has 0 atom stereocenters. The summed E-state index contributed by atoms with van der Waals surface area (Å²) in [5, 5.41) is 11.2. The maximum atomic E-state index is 12.7. The monoisotopic (exact) mass is 432 g/mol. The van der Waals surface area contributed by atoms with Gasteiger partial charge in [-0.25, -0.2) is 4.79 Å². The first kappa shape index (κ1) is 23.6. The molecule has 0 spiro atoms. The second-order valence-electron chi connectivity index (χ2n) is 7.35. The molecule has 0 aliphatic carbocycles. The van der Waals surface area contributed by atoms with E-state index in [9.17, 15) is 19.3 Å². The van der Waals surface area contributed by atoms with Crippen molar-refractivity contribution in [3.8, 4) is 0 Å². The minimum Gasteiger partial charge on any atom is -0.351 e. The zero-order valence-corrected chi connectivity index (χ0v) is 18.3. The SMILES string of the molecule is CN(C)CCCNC(=O)c1cc(NC(=O)c2cc(NC(=O)N(C)N=O)cn2C)cn1C. The maximum Gasteiger partial charge on any atom is 0.344 e. The van der Waals surface area contributed by atoms with Crippen LogP contribution in [-0.2, 0) is 14.1 Å². The second kappa shape index (κ2) is 10.4. The third kappa shape index (κ3) is 6.40. The van der Waals surface area contributed by atoms with E-state index < -0.39 is 11.9 Å². The summed E-state index contributed by atoms with van der Waals surface area (Å²) in [6.45, 7) is 1.42. The van der Waals surface area contributed by atoms with Crippen molar-refractivity contribution < 1.29 is 14.4 Å². The number of aryl methyl sites for hydroxylation is 2. The Balaban J connectivity index is 2.01. The van der Waals surface area contributed by atoms with Gasteiger partial charge in [0.2, 0.25) is 0 Å². The van der Waals surface area contributed by atoms with Crippen molar-refractivity contribution in [2.24, 2.45) is 19.4 Å². The number of carbonyl (C=O) groups excluding carboxylic acids is 3. The summed E-state index contributed by atoms with van der Waals surface area (Å²) >= 11 is 0. The quantitative estimate of drug-likeness (QED) is 0.313. The van der Waals surface area contributed by atoms with E-state index in [4.69, 9.17) is 0 Å². The first-order valence-corrected chi connectivity index (χ1v) is 9.57. The Hall–Kier alpha value is -3.67. The predicted molar refractivity (Wildman–Crippen MR) is 117 cm³/mol. The molecule has 2 heterocycles. The minimum absolute atomic E-state index is 0.224. The van der Waals surface area contributed by atoms with Crippen molar-refractivity contribution in [2.75, 3.05) is 44.9 Å². The lowest BCUT2D eigenvalue weighted by molar-refractivity contribution is 0.0943. The number of aromatic nitrogens is 2. The van der Waals surface area contributed by atoms with Crippen LogP contribution in [0, 0.1) is 4.91 Å². The molecular formula is C19H28N8O4. The van der Waals surface area contributed by atoms with Crippen LogP contribution in [0.25, 0.3) is 0 Å². The molecule has 12 heteroatoms. The van der Waals surface area contributed by atoms with Gasteiger partial charge in [0.15, 0.2) is 0 Å². The van der Waals surface area contributed by atoms with Gasteiger partial charge in [-0.1, -0.05) is 0 Å². The number of amides is 4. The fourth-order valence-corrected chi connectivity index (χ4v) is 2.84. The Morgan fingerprint density at radius 2 is 1.48 bits per heavy atom. The molecule has 2 rings (SSSR count). The van der Waals surface area contributed by atoms with Crippen molar-refractivity contribution in [3.63, 3.8) is 0 Å². The van der Waals surface area contributed by atoms with Crippen molar-refractivity contribution in [3.05, 3.63) is 40.8 Å². The molecule has 0 aliphatic heterocycles. The molecule has 3 N–H and O–H groups in total. The normalized spacial score (nSPS) is 10.6. The molecule has 31 heavy (non-hydrogen) atoms. The number of nitroso groups, excluding NO2 is 1. The van der Waals surface area contributed by atoms with E-state index >= 15 is 0 Å². The van der Waals surface area contributed by atoms with Gasteiger partial charge in [0.1, 0.15) is 11.4 Å². The van der Waals surface area contributed by atoms with E-state index in [1.54, 1.807) is 30.9 Å². The number of hydrogen-bond donors (Lipinski definition) is 3. The number of carbonyl (C=O) groups is 3. The molecule has 2 aromatic heterocycles. The van der Waals surface area contributed by atoms with Crippen LogP contribution in [0.2, 0.25) is 0 Å². The Bertz CT molecular complexity index is 962. The maximum absolute atomic E-state index is 12.7. The Morgan fingerprint density at radius 1 is 0.935 bits per heavy atom. The molecule has 0 saturated heterocycles. The number of anilines is 2. The average Bonchev–Trinajstić information content (AvgIpc) is 3.25. The highest BCUT2D eigenvalue weighted by Gasteiger charge is 2.17. The van der Waals surface area contributed by atoms with Crippen LogP contribution < -0.4 is 16.0 Å². The second-order valence-corrected chi connectivity index (χ2v) is 7.35. The standard InChI is InChI=1S/C19H28N8O4/c1-24(2)8-6-7-20-17(28)15-9-13(11-25(15)3)21-18(29)16-10-14(12-26(16)4)22-19(30)27(5)23-31/h9-12H,6-8H2,1-5H3,(H,20,28)(H,21,29)(H,22,30). The lowest BCUT2D eigenvalue weighted by Gasteiger charge is -2.10. The highest BCUT2D eigenvalue weighted by molar-refractivity contribution is 6.05.